The molecule has 1 atom stereocenters. The minimum absolute atomic E-state index is 0.171. The number of hydrogen-bond acceptors (Lipinski definition) is 2. The van der Waals surface area contributed by atoms with E-state index in [0.717, 1.165) is 15.7 Å². The lowest BCUT2D eigenvalue weighted by molar-refractivity contribution is -0.119. The first-order valence-electron chi connectivity index (χ1n) is 7.79. The van der Waals surface area contributed by atoms with E-state index in [1.165, 1.54) is 0 Å². The fourth-order valence-corrected chi connectivity index (χ4v) is 3.68. The predicted molar refractivity (Wildman–Crippen MR) is 108 cm³/mol. The molecular weight excluding hydrogens is 474 g/mol. The lowest BCUT2D eigenvalue weighted by atomic mass is 10.1. The number of hydrogen-bond donors (Lipinski definition) is 1. The van der Waals surface area contributed by atoms with Crippen molar-refractivity contribution < 1.29 is 9.59 Å². The van der Waals surface area contributed by atoms with Crippen LogP contribution in [0.25, 0.3) is 0 Å². The van der Waals surface area contributed by atoms with Crippen molar-refractivity contribution in [3.8, 4) is 0 Å². The maximum atomic E-state index is 12.8. The smallest absolute Gasteiger partial charge is 0.254 e. The zero-order chi connectivity index (χ0) is 18.0. The fourth-order valence-electron chi connectivity index (χ4n) is 2.86. The summed E-state index contributed by atoms with van der Waals surface area (Å²) in [5, 5.41) is 3.64. The molecule has 2 amide bonds. The van der Waals surface area contributed by atoms with Crippen LogP contribution < -0.4 is 5.32 Å². The molecule has 2 aromatic carbocycles. The summed E-state index contributed by atoms with van der Waals surface area (Å²) >= 11 is 14.1. The number of carbonyl (C=O) groups is 2. The van der Waals surface area contributed by atoms with E-state index >= 15 is 0 Å². The van der Waals surface area contributed by atoms with Gasteiger partial charge in [0.05, 0.1) is 15.7 Å². The van der Waals surface area contributed by atoms with Crippen molar-refractivity contribution in [2.24, 2.45) is 0 Å². The molecular formula is C18H15Cl2IN2O2. The Morgan fingerprint density at radius 1 is 1.12 bits per heavy atom. The van der Waals surface area contributed by atoms with E-state index in [4.69, 9.17) is 23.2 Å². The Kier molecular flexibility index (Phi) is 5.86. The normalized spacial score (nSPS) is 16.8. The maximum absolute atomic E-state index is 12.8. The molecule has 1 aliphatic rings. The van der Waals surface area contributed by atoms with E-state index in [9.17, 15) is 9.59 Å². The Balaban J connectivity index is 1.77. The van der Waals surface area contributed by atoms with Gasteiger partial charge in [-0.25, -0.2) is 0 Å². The van der Waals surface area contributed by atoms with Crippen LogP contribution in [0.1, 0.15) is 23.2 Å². The molecule has 1 aliphatic heterocycles. The lowest BCUT2D eigenvalue weighted by Gasteiger charge is -2.24. The third-order valence-electron chi connectivity index (χ3n) is 4.11. The quantitative estimate of drug-likeness (QED) is 0.628. The second-order valence-corrected chi connectivity index (χ2v) is 7.73. The molecule has 0 saturated carbocycles. The zero-order valence-electron chi connectivity index (χ0n) is 13.1. The van der Waals surface area contributed by atoms with Crippen LogP contribution in [0, 0.1) is 3.57 Å². The Bertz CT molecular complexity index is 828. The number of halogens is 3. The highest BCUT2D eigenvalue weighted by molar-refractivity contribution is 14.1. The summed E-state index contributed by atoms with van der Waals surface area (Å²) in [7, 11) is 0. The van der Waals surface area contributed by atoms with Gasteiger partial charge in [0, 0.05) is 15.7 Å². The highest BCUT2D eigenvalue weighted by Crippen LogP contribution is 2.27. The van der Waals surface area contributed by atoms with Gasteiger partial charge in [-0.05, 0) is 65.8 Å². The van der Waals surface area contributed by atoms with Crippen LogP contribution in [0.2, 0.25) is 10.0 Å². The van der Waals surface area contributed by atoms with Gasteiger partial charge in [-0.15, -0.1) is 0 Å². The molecule has 0 aromatic heterocycles. The third-order valence-corrected chi connectivity index (χ3v) is 5.79. The molecule has 7 heteroatoms. The molecule has 1 N–H and O–H groups in total. The Morgan fingerprint density at radius 2 is 1.88 bits per heavy atom. The molecule has 0 bridgehead atoms. The molecule has 0 spiro atoms. The lowest BCUT2D eigenvalue weighted by Crippen LogP contribution is -2.43. The van der Waals surface area contributed by atoms with E-state index in [0.29, 0.717) is 28.6 Å². The number of nitrogens with one attached hydrogen (secondary N) is 1. The molecule has 1 heterocycles. The van der Waals surface area contributed by atoms with Crippen LogP contribution in [0.5, 0.6) is 0 Å². The van der Waals surface area contributed by atoms with E-state index in [1.807, 2.05) is 24.3 Å². The van der Waals surface area contributed by atoms with Crippen LogP contribution >= 0.6 is 45.8 Å². The largest absolute Gasteiger partial charge is 0.327 e. The average molecular weight is 489 g/mol. The molecule has 0 radical (unpaired) electrons. The summed E-state index contributed by atoms with van der Waals surface area (Å²) in [5.74, 6) is -0.381. The van der Waals surface area contributed by atoms with Crippen molar-refractivity contribution >= 4 is 63.3 Å². The van der Waals surface area contributed by atoms with Gasteiger partial charge in [0.15, 0.2) is 0 Å². The van der Waals surface area contributed by atoms with E-state index in [1.54, 1.807) is 23.1 Å². The van der Waals surface area contributed by atoms with Crippen LogP contribution in [-0.2, 0) is 4.79 Å². The van der Waals surface area contributed by atoms with Gasteiger partial charge in [-0.1, -0.05) is 35.3 Å². The standard InChI is InChI=1S/C18H15Cl2IN2O2/c19-12-8-7-11(10-13(12)20)18(25)23-9-3-6-16(23)17(24)22-15-5-2-1-4-14(15)21/h1-2,4-5,7-8,10,16H,3,6,9H2,(H,22,24). The SMILES string of the molecule is O=C(Nc1ccccc1I)C1CCCN1C(=O)c1ccc(Cl)c(Cl)c1. The second kappa shape index (κ2) is 7.93. The van der Waals surface area contributed by atoms with Gasteiger partial charge in [-0.3, -0.25) is 9.59 Å². The number of likely N-dealkylation sites (tertiary alicyclic amines) is 1. The first kappa shape index (κ1) is 18.5. The van der Waals surface area contributed by atoms with Crippen LogP contribution in [-0.4, -0.2) is 29.3 Å². The van der Waals surface area contributed by atoms with Crippen molar-refractivity contribution in [3.63, 3.8) is 0 Å². The number of para-hydroxylation sites is 1. The molecule has 1 unspecified atom stereocenters. The minimum atomic E-state index is -0.488. The number of carbonyl (C=O) groups excluding carboxylic acids is 2. The number of benzene rings is 2. The minimum Gasteiger partial charge on any atom is -0.327 e. The summed E-state index contributed by atoms with van der Waals surface area (Å²) in [6.45, 7) is 0.545. The van der Waals surface area contributed by atoms with Crippen molar-refractivity contribution in [1.29, 1.82) is 0 Å². The third kappa shape index (κ3) is 4.10. The monoisotopic (exact) mass is 488 g/mol. The van der Waals surface area contributed by atoms with Crippen molar-refractivity contribution in [2.75, 3.05) is 11.9 Å². The summed E-state index contributed by atoms with van der Waals surface area (Å²) in [5.41, 5.74) is 1.19. The molecule has 25 heavy (non-hydrogen) atoms. The highest BCUT2D eigenvalue weighted by atomic mass is 127. The summed E-state index contributed by atoms with van der Waals surface area (Å²) in [6.07, 6.45) is 1.43. The number of nitrogens with zero attached hydrogens (tertiary/aromatic N) is 1. The number of rotatable bonds is 3. The zero-order valence-corrected chi connectivity index (χ0v) is 16.8. The van der Waals surface area contributed by atoms with Gasteiger partial charge >= 0.3 is 0 Å². The molecule has 3 rings (SSSR count). The van der Waals surface area contributed by atoms with E-state index in [2.05, 4.69) is 27.9 Å². The molecule has 1 fully saturated rings. The van der Waals surface area contributed by atoms with Crippen molar-refractivity contribution in [3.05, 3.63) is 61.6 Å². The van der Waals surface area contributed by atoms with Gasteiger partial charge in [-0.2, -0.15) is 0 Å². The Labute approximate surface area is 169 Å². The molecule has 1 saturated heterocycles. The maximum Gasteiger partial charge on any atom is 0.254 e. The molecule has 0 aliphatic carbocycles. The first-order valence-corrected chi connectivity index (χ1v) is 9.62. The van der Waals surface area contributed by atoms with Crippen molar-refractivity contribution in [2.45, 2.75) is 18.9 Å². The van der Waals surface area contributed by atoms with Gasteiger partial charge in [0.1, 0.15) is 6.04 Å². The summed E-state index contributed by atoms with van der Waals surface area (Å²) < 4.78 is 0.953. The Hall–Kier alpha value is -1.31. The van der Waals surface area contributed by atoms with Crippen LogP contribution in [0.4, 0.5) is 5.69 Å². The van der Waals surface area contributed by atoms with Crippen LogP contribution in [0.3, 0.4) is 0 Å². The number of amides is 2. The van der Waals surface area contributed by atoms with Gasteiger partial charge < -0.3 is 10.2 Å². The fraction of sp³-hybridized carbons (Fsp3) is 0.222. The van der Waals surface area contributed by atoms with Crippen LogP contribution in [0.15, 0.2) is 42.5 Å². The van der Waals surface area contributed by atoms with E-state index in [-0.39, 0.29) is 11.8 Å². The van der Waals surface area contributed by atoms with Gasteiger partial charge in [0.2, 0.25) is 5.91 Å². The average Bonchev–Trinajstić information content (AvgIpc) is 3.08. The van der Waals surface area contributed by atoms with Gasteiger partial charge in [0.25, 0.3) is 5.91 Å². The topological polar surface area (TPSA) is 49.4 Å². The summed E-state index contributed by atoms with van der Waals surface area (Å²) in [4.78, 5) is 27.1. The second-order valence-electron chi connectivity index (χ2n) is 5.75. The van der Waals surface area contributed by atoms with Crippen molar-refractivity contribution in [1.82, 2.24) is 4.90 Å². The van der Waals surface area contributed by atoms with E-state index < -0.39 is 6.04 Å². The highest BCUT2D eigenvalue weighted by Gasteiger charge is 2.34. The molecule has 2 aromatic rings. The summed E-state index contributed by atoms with van der Waals surface area (Å²) in [6, 6.07) is 11.8. The molecule has 130 valence electrons. The first-order chi connectivity index (χ1) is 12.0. The predicted octanol–water partition coefficient (Wildman–Crippen LogP) is 4.84. The Morgan fingerprint density at radius 3 is 2.60 bits per heavy atom. The number of anilines is 1. The molecule has 4 nitrogen and oxygen atoms in total.